The molecule has 1 aromatic carbocycles. The van der Waals surface area contributed by atoms with Gasteiger partial charge in [0.15, 0.2) is 11.3 Å². The summed E-state index contributed by atoms with van der Waals surface area (Å²) in [5, 5.41) is 2.30. The molecule has 2 rings (SSSR count). The van der Waals surface area contributed by atoms with Crippen molar-refractivity contribution in [3.8, 4) is 11.3 Å². The second-order valence-electron chi connectivity index (χ2n) is 2.78. The maximum absolute atomic E-state index is 10.5. The number of hydrogen-bond acceptors (Lipinski definition) is 4. The molecule has 0 fully saturated rings. The van der Waals surface area contributed by atoms with Crippen molar-refractivity contribution in [3.63, 3.8) is 0 Å². The van der Waals surface area contributed by atoms with Gasteiger partial charge in [0.1, 0.15) is 0 Å². The van der Waals surface area contributed by atoms with E-state index in [4.69, 9.17) is 5.73 Å². The van der Waals surface area contributed by atoms with Crippen LogP contribution in [-0.2, 0) is 0 Å². The highest BCUT2D eigenvalue weighted by Gasteiger charge is 2.05. The number of aldehydes is 1. The Kier molecular flexibility index (Phi) is 2.28. The summed E-state index contributed by atoms with van der Waals surface area (Å²) in [7, 11) is 0. The van der Waals surface area contributed by atoms with Crippen LogP contribution >= 0.6 is 11.3 Å². The molecule has 4 heteroatoms. The topological polar surface area (TPSA) is 56.0 Å². The molecule has 3 nitrogen and oxygen atoms in total. The molecule has 0 aliphatic rings. The minimum atomic E-state index is 0.475. The van der Waals surface area contributed by atoms with Crippen LogP contribution in [-0.4, -0.2) is 11.3 Å². The molecular weight excluding hydrogens is 196 g/mol. The van der Waals surface area contributed by atoms with Crippen molar-refractivity contribution in [2.75, 3.05) is 5.73 Å². The molecule has 0 amide bonds. The quantitative estimate of drug-likeness (QED) is 0.602. The maximum Gasteiger partial charge on any atom is 0.178 e. The van der Waals surface area contributed by atoms with Crippen molar-refractivity contribution in [3.05, 3.63) is 34.7 Å². The van der Waals surface area contributed by atoms with Gasteiger partial charge >= 0.3 is 0 Å². The highest BCUT2D eigenvalue weighted by Crippen LogP contribution is 2.26. The highest BCUT2D eigenvalue weighted by molar-refractivity contribution is 7.11. The first-order chi connectivity index (χ1) is 6.81. The first kappa shape index (κ1) is 8.90. The van der Waals surface area contributed by atoms with E-state index in [-0.39, 0.29) is 0 Å². The molecule has 0 aliphatic heterocycles. The highest BCUT2D eigenvalue weighted by atomic mass is 32.1. The molecule has 2 N–H and O–H groups in total. The van der Waals surface area contributed by atoms with E-state index in [9.17, 15) is 4.79 Å². The zero-order chi connectivity index (χ0) is 9.97. The van der Waals surface area contributed by atoms with E-state index in [1.54, 1.807) is 0 Å². The van der Waals surface area contributed by atoms with Gasteiger partial charge in [-0.2, -0.15) is 0 Å². The number of nitrogens with zero attached hydrogens (tertiary/aromatic N) is 1. The lowest BCUT2D eigenvalue weighted by Gasteiger charge is -1.99. The van der Waals surface area contributed by atoms with Gasteiger partial charge in [-0.15, -0.1) is 11.3 Å². The summed E-state index contributed by atoms with van der Waals surface area (Å²) >= 11 is 1.32. The average Bonchev–Trinajstić information content (AvgIpc) is 2.67. The van der Waals surface area contributed by atoms with Crippen molar-refractivity contribution in [2.45, 2.75) is 0 Å². The molecule has 0 radical (unpaired) electrons. The van der Waals surface area contributed by atoms with Gasteiger partial charge in [-0.05, 0) is 6.07 Å². The van der Waals surface area contributed by atoms with Gasteiger partial charge in [0.2, 0.25) is 0 Å². The molecule has 0 atom stereocenters. The normalized spacial score (nSPS) is 10.0. The fourth-order valence-electron chi connectivity index (χ4n) is 1.20. The number of thiazole rings is 1. The molecular formula is C10H8N2OS. The van der Waals surface area contributed by atoms with Gasteiger partial charge in [-0.25, -0.2) is 4.98 Å². The van der Waals surface area contributed by atoms with Gasteiger partial charge in [0.05, 0.1) is 5.69 Å². The second kappa shape index (κ2) is 3.59. The standard InChI is InChI=1S/C10H8N2OS/c11-8-4-2-1-3-7(8)9-6-14-10(5-13)12-9/h1-6H,11H2. The molecule has 1 aromatic heterocycles. The van der Waals surface area contributed by atoms with E-state index in [1.807, 2.05) is 29.6 Å². The number of hydrogen-bond donors (Lipinski definition) is 1. The maximum atomic E-state index is 10.5. The van der Waals surface area contributed by atoms with Crippen LogP contribution in [0.3, 0.4) is 0 Å². The van der Waals surface area contributed by atoms with Crippen molar-refractivity contribution < 1.29 is 4.79 Å². The fourth-order valence-corrected chi connectivity index (χ4v) is 1.81. The third-order valence-corrected chi connectivity index (χ3v) is 2.63. The van der Waals surface area contributed by atoms with Crippen LogP contribution in [0.5, 0.6) is 0 Å². The first-order valence-corrected chi connectivity index (χ1v) is 4.95. The van der Waals surface area contributed by atoms with Crippen LogP contribution in [0.2, 0.25) is 0 Å². The minimum Gasteiger partial charge on any atom is -0.398 e. The lowest BCUT2D eigenvalue weighted by atomic mass is 10.1. The summed E-state index contributed by atoms with van der Waals surface area (Å²) in [6.07, 6.45) is 0.743. The number of rotatable bonds is 2. The van der Waals surface area contributed by atoms with E-state index in [2.05, 4.69) is 4.98 Å². The largest absolute Gasteiger partial charge is 0.398 e. The number of nitrogens with two attached hydrogens (primary N) is 1. The zero-order valence-electron chi connectivity index (χ0n) is 7.31. The van der Waals surface area contributed by atoms with Crippen LogP contribution in [0.25, 0.3) is 11.3 Å². The Morgan fingerprint density at radius 3 is 2.79 bits per heavy atom. The summed E-state index contributed by atoms with van der Waals surface area (Å²) < 4.78 is 0. The van der Waals surface area contributed by atoms with Crippen LogP contribution in [0.1, 0.15) is 9.80 Å². The third kappa shape index (κ3) is 1.52. The minimum absolute atomic E-state index is 0.475. The summed E-state index contributed by atoms with van der Waals surface area (Å²) in [5.74, 6) is 0. The molecule has 0 bridgehead atoms. The zero-order valence-corrected chi connectivity index (χ0v) is 8.12. The molecule has 0 saturated carbocycles. The number of nitrogen functional groups attached to an aromatic ring is 1. The van der Waals surface area contributed by atoms with Crippen LogP contribution in [0, 0.1) is 0 Å². The van der Waals surface area contributed by atoms with Crippen LogP contribution in [0.4, 0.5) is 5.69 Å². The fraction of sp³-hybridized carbons (Fsp3) is 0. The van der Waals surface area contributed by atoms with E-state index in [1.165, 1.54) is 11.3 Å². The SMILES string of the molecule is Nc1ccccc1-c1csc(C=O)n1. The summed E-state index contributed by atoms with van der Waals surface area (Å²) in [4.78, 5) is 14.6. The molecule has 70 valence electrons. The van der Waals surface area contributed by atoms with Crippen molar-refractivity contribution in [1.29, 1.82) is 0 Å². The monoisotopic (exact) mass is 204 g/mol. The van der Waals surface area contributed by atoms with Crippen molar-refractivity contribution in [2.24, 2.45) is 0 Å². The Hall–Kier alpha value is -1.68. The van der Waals surface area contributed by atoms with Crippen LogP contribution in [0.15, 0.2) is 29.6 Å². The molecule has 0 aliphatic carbocycles. The van der Waals surface area contributed by atoms with Gasteiger partial charge in [0.25, 0.3) is 0 Å². The molecule has 0 saturated heterocycles. The van der Waals surface area contributed by atoms with E-state index >= 15 is 0 Å². The van der Waals surface area contributed by atoms with E-state index in [0.717, 1.165) is 17.5 Å². The number of benzene rings is 1. The molecule has 14 heavy (non-hydrogen) atoms. The molecule has 2 aromatic rings. The summed E-state index contributed by atoms with van der Waals surface area (Å²) in [6.45, 7) is 0. The van der Waals surface area contributed by atoms with Crippen molar-refractivity contribution in [1.82, 2.24) is 4.98 Å². The average molecular weight is 204 g/mol. The lowest BCUT2D eigenvalue weighted by Crippen LogP contribution is -1.89. The Morgan fingerprint density at radius 1 is 1.36 bits per heavy atom. The Morgan fingerprint density at radius 2 is 2.14 bits per heavy atom. The van der Waals surface area contributed by atoms with Gasteiger partial charge in [0, 0.05) is 16.6 Å². The number of anilines is 1. The lowest BCUT2D eigenvalue weighted by molar-refractivity contribution is 0.112. The molecule has 1 heterocycles. The van der Waals surface area contributed by atoms with Gasteiger partial charge in [-0.1, -0.05) is 18.2 Å². The molecule has 0 spiro atoms. The Bertz CT molecular complexity index is 465. The van der Waals surface area contributed by atoms with Gasteiger partial charge < -0.3 is 5.73 Å². The van der Waals surface area contributed by atoms with E-state index in [0.29, 0.717) is 10.7 Å². The Balaban J connectivity index is 2.49. The second-order valence-corrected chi connectivity index (χ2v) is 3.67. The number of carbonyl (C=O) groups excluding carboxylic acids is 1. The van der Waals surface area contributed by atoms with Crippen LogP contribution < -0.4 is 5.73 Å². The first-order valence-electron chi connectivity index (χ1n) is 4.07. The van der Waals surface area contributed by atoms with Gasteiger partial charge in [-0.3, -0.25) is 4.79 Å². The number of para-hydroxylation sites is 1. The smallest absolute Gasteiger partial charge is 0.178 e. The van der Waals surface area contributed by atoms with E-state index < -0.39 is 0 Å². The predicted octanol–water partition coefficient (Wildman–Crippen LogP) is 2.20. The Labute approximate surface area is 85.2 Å². The predicted molar refractivity (Wildman–Crippen MR) is 57.3 cm³/mol. The molecule has 0 unspecified atom stereocenters. The van der Waals surface area contributed by atoms with Crippen molar-refractivity contribution >= 4 is 23.3 Å². The summed E-state index contributed by atoms with van der Waals surface area (Å²) in [6, 6.07) is 7.46. The number of aromatic nitrogens is 1. The third-order valence-electron chi connectivity index (χ3n) is 1.86. The number of carbonyl (C=O) groups is 1. The summed E-state index contributed by atoms with van der Waals surface area (Å²) in [5.41, 5.74) is 8.09.